The Kier molecular flexibility index (Phi) is 3.01. The van der Waals surface area contributed by atoms with Crippen molar-refractivity contribution >= 4 is 0 Å². The highest BCUT2D eigenvalue weighted by atomic mass is 16.5. The van der Waals surface area contributed by atoms with E-state index in [2.05, 4.69) is 0 Å². The van der Waals surface area contributed by atoms with Gasteiger partial charge in [-0.05, 0) is 0 Å². The van der Waals surface area contributed by atoms with E-state index in [1.54, 1.807) is 0 Å². The van der Waals surface area contributed by atoms with Crippen LogP contribution in [0.5, 0.6) is 0 Å². The Morgan fingerprint density at radius 3 is 2.27 bits per heavy atom. The summed E-state index contributed by atoms with van der Waals surface area (Å²) >= 11 is 0. The Balaban J connectivity index is 2.39. The highest BCUT2D eigenvalue weighted by Gasteiger charge is 2.01. The lowest BCUT2D eigenvalue weighted by Gasteiger charge is -1.98. The molecule has 0 spiro atoms. The van der Waals surface area contributed by atoms with Gasteiger partial charge in [0, 0.05) is 12.1 Å². The maximum Gasteiger partial charge on any atom is 0.168 e. The number of hydrogen-bond donors (Lipinski definition) is 2. The number of aliphatic hydroxyl groups excluding tert-OH is 1. The van der Waals surface area contributed by atoms with Crippen LogP contribution < -0.4 is 4.57 Å². The number of aromatic nitrogens is 1. The standard InChI is InChI=1S/C8H12NO2/c10-8(11)4-7-9-5-2-1-3-6-9/h1-3,5-6,8,10-11H,4,7H2/q+1. The minimum atomic E-state index is -1.21. The molecule has 11 heavy (non-hydrogen) atoms. The number of rotatable bonds is 3. The molecule has 1 rings (SSSR count). The molecule has 0 aromatic carbocycles. The maximum atomic E-state index is 8.56. The third-order valence-electron chi connectivity index (χ3n) is 1.42. The number of pyridine rings is 1. The second-order valence-corrected chi connectivity index (χ2v) is 2.38. The summed E-state index contributed by atoms with van der Waals surface area (Å²) in [4.78, 5) is 0. The monoisotopic (exact) mass is 154 g/mol. The summed E-state index contributed by atoms with van der Waals surface area (Å²) in [5.41, 5.74) is 0. The van der Waals surface area contributed by atoms with Crippen LogP contribution in [-0.2, 0) is 6.54 Å². The Labute approximate surface area is 65.5 Å². The van der Waals surface area contributed by atoms with Crippen LogP contribution in [0.25, 0.3) is 0 Å². The number of aliphatic hydroxyl groups is 2. The normalized spacial score (nSPS) is 10.5. The molecule has 0 atom stereocenters. The smallest absolute Gasteiger partial charge is 0.168 e. The summed E-state index contributed by atoms with van der Waals surface area (Å²) in [6, 6.07) is 5.74. The Morgan fingerprint density at radius 2 is 1.73 bits per heavy atom. The van der Waals surface area contributed by atoms with Crippen molar-refractivity contribution in [3.8, 4) is 0 Å². The minimum Gasteiger partial charge on any atom is -0.368 e. The van der Waals surface area contributed by atoms with Crippen LogP contribution in [0.3, 0.4) is 0 Å². The molecule has 2 N–H and O–H groups in total. The van der Waals surface area contributed by atoms with E-state index in [1.165, 1.54) is 0 Å². The van der Waals surface area contributed by atoms with Gasteiger partial charge in [-0.25, -0.2) is 4.57 Å². The molecule has 0 aliphatic heterocycles. The van der Waals surface area contributed by atoms with E-state index in [1.807, 2.05) is 35.2 Å². The molecule has 1 aromatic rings. The number of aryl methyl sites for hydroxylation is 1. The van der Waals surface area contributed by atoms with Crippen LogP contribution in [-0.4, -0.2) is 16.5 Å². The molecule has 0 saturated carbocycles. The van der Waals surface area contributed by atoms with Gasteiger partial charge in [0.2, 0.25) is 0 Å². The van der Waals surface area contributed by atoms with Crippen molar-refractivity contribution in [1.29, 1.82) is 0 Å². The zero-order chi connectivity index (χ0) is 8.10. The van der Waals surface area contributed by atoms with E-state index in [0.29, 0.717) is 13.0 Å². The van der Waals surface area contributed by atoms with Gasteiger partial charge in [0.05, 0.1) is 6.42 Å². The molecular weight excluding hydrogens is 142 g/mol. The second kappa shape index (κ2) is 4.05. The summed E-state index contributed by atoms with van der Waals surface area (Å²) in [7, 11) is 0. The van der Waals surface area contributed by atoms with Gasteiger partial charge in [-0.3, -0.25) is 0 Å². The predicted molar refractivity (Wildman–Crippen MR) is 39.5 cm³/mol. The quantitative estimate of drug-likeness (QED) is 0.462. The van der Waals surface area contributed by atoms with Crippen molar-refractivity contribution in [2.75, 3.05) is 0 Å². The fourth-order valence-corrected chi connectivity index (χ4v) is 0.848. The van der Waals surface area contributed by atoms with Crippen LogP contribution in [0.15, 0.2) is 30.6 Å². The van der Waals surface area contributed by atoms with Gasteiger partial charge in [0.25, 0.3) is 0 Å². The molecule has 3 nitrogen and oxygen atoms in total. The highest BCUT2D eigenvalue weighted by molar-refractivity contribution is 4.83. The fourth-order valence-electron chi connectivity index (χ4n) is 0.848. The number of hydrogen-bond acceptors (Lipinski definition) is 2. The lowest BCUT2D eigenvalue weighted by Crippen LogP contribution is -2.34. The van der Waals surface area contributed by atoms with Gasteiger partial charge in [-0.2, -0.15) is 0 Å². The lowest BCUT2D eigenvalue weighted by atomic mass is 10.4. The summed E-state index contributed by atoms with van der Waals surface area (Å²) < 4.78 is 1.90. The fraction of sp³-hybridized carbons (Fsp3) is 0.375. The largest absolute Gasteiger partial charge is 0.368 e. The molecule has 3 heteroatoms. The van der Waals surface area contributed by atoms with E-state index < -0.39 is 6.29 Å². The highest BCUT2D eigenvalue weighted by Crippen LogP contribution is 1.85. The van der Waals surface area contributed by atoms with E-state index in [9.17, 15) is 0 Å². The van der Waals surface area contributed by atoms with Gasteiger partial charge in [0.1, 0.15) is 0 Å². The van der Waals surface area contributed by atoms with Crippen LogP contribution >= 0.6 is 0 Å². The molecule has 1 aromatic heterocycles. The maximum absolute atomic E-state index is 8.56. The van der Waals surface area contributed by atoms with Crippen molar-refractivity contribution in [1.82, 2.24) is 0 Å². The van der Waals surface area contributed by atoms with Gasteiger partial charge in [0.15, 0.2) is 25.2 Å². The molecule has 60 valence electrons. The van der Waals surface area contributed by atoms with E-state index in [0.717, 1.165) is 0 Å². The van der Waals surface area contributed by atoms with Gasteiger partial charge in [-0.15, -0.1) is 0 Å². The van der Waals surface area contributed by atoms with E-state index in [-0.39, 0.29) is 0 Å². The topological polar surface area (TPSA) is 44.3 Å². The molecule has 0 aliphatic carbocycles. The zero-order valence-electron chi connectivity index (χ0n) is 6.22. The Bertz CT molecular complexity index is 199. The van der Waals surface area contributed by atoms with Crippen molar-refractivity contribution in [2.45, 2.75) is 19.3 Å². The van der Waals surface area contributed by atoms with Crippen molar-refractivity contribution < 1.29 is 14.8 Å². The molecule has 0 amide bonds. The molecule has 0 radical (unpaired) electrons. The molecule has 0 aliphatic rings. The summed E-state index contributed by atoms with van der Waals surface area (Å²) in [6.07, 6.45) is 2.95. The van der Waals surface area contributed by atoms with Crippen LogP contribution in [0.4, 0.5) is 0 Å². The first kappa shape index (κ1) is 8.17. The molecular formula is C8H12NO2+. The van der Waals surface area contributed by atoms with Crippen molar-refractivity contribution in [3.63, 3.8) is 0 Å². The molecule has 0 unspecified atom stereocenters. The first-order chi connectivity index (χ1) is 5.29. The third-order valence-corrected chi connectivity index (χ3v) is 1.42. The first-order valence-corrected chi connectivity index (χ1v) is 3.59. The van der Waals surface area contributed by atoms with Gasteiger partial charge < -0.3 is 10.2 Å². The molecule has 0 saturated heterocycles. The predicted octanol–water partition coefficient (Wildman–Crippen LogP) is -0.325. The summed E-state index contributed by atoms with van der Waals surface area (Å²) in [5.74, 6) is 0. The minimum absolute atomic E-state index is 0.370. The lowest BCUT2D eigenvalue weighted by molar-refractivity contribution is -0.699. The molecule has 0 bridgehead atoms. The second-order valence-electron chi connectivity index (χ2n) is 2.38. The number of nitrogens with zero attached hydrogens (tertiary/aromatic N) is 1. The van der Waals surface area contributed by atoms with Crippen LogP contribution in [0.1, 0.15) is 6.42 Å². The Morgan fingerprint density at radius 1 is 1.09 bits per heavy atom. The third kappa shape index (κ3) is 3.11. The average molecular weight is 154 g/mol. The SMILES string of the molecule is OC(O)CC[n+]1ccccc1. The molecule has 0 fully saturated rings. The zero-order valence-corrected chi connectivity index (χ0v) is 6.22. The average Bonchev–Trinajstić information content (AvgIpc) is 2.03. The van der Waals surface area contributed by atoms with Crippen molar-refractivity contribution in [2.24, 2.45) is 0 Å². The first-order valence-electron chi connectivity index (χ1n) is 3.59. The van der Waals surface area contributed by atoms with E-state index >= 15 is 0 Å². The van der Waals surface area contributed by atoms with Gasteiger partial charge >= 0.3 is 0 Å². The molecule has 1 heterocycles. The van der Waals surface area contributed by atoms with E-state index in [4.69, 9.17) is 10.2 Å². The van der Waals surface area contributed by atoms with Gasteiger partial charge in [-0.1, -0.05) is 6.07 Å². The van der Waals surface area contributed by atoms with Crippen molar-refractivity contribution in [3.05, 3.63) is 30.6 Å². The van der Waals surface area contributed by atoms with Crippen LogP contribution in [0, 0.1) is 0 Å². The Hall–Kier alpha value is -0.930. The summed E-state index contributed by atoms with van der Waals surface area (Å²) in [5, 5.41) is 17.1. The summed E-state index contributed by atoms with van der Waals surface area (Å²) in [6.45, 7) is 0.637. The van der Waals surface area contributed by atoms with Crippen LogP contribution in [0.2, 0.25) is 0 Å².